The van der Waals surface area contributed by atoms with Gasteiger partial charge in [0.05, 0.1) is 18.5 Å². The summed E-state index contributed by atoms with van der Waals surface area (Å²) in [6, 6.07) is 8.21. The number of rotatable bonds is 2. The van der Waals surface area contributed by atoms with Gasteiger partial charge < -0.3 is 5.11 Å². The van der Waals surface area contributed by atoms with Crippen LogP contribution in [0.3, 0.4) is 0 Å². The first-order chi connectivity index (χ1) is 7.22. The van der Waals surface area contributed by atoms with Crippen LogP contribution < -0.4 is 0 Å². The molecule has 0 aliphatic carbocycles. The van der Waals surface area contributed by atoms with Crippen molar-refractivity contribution < 1.29 is 5.11 Å². The Bertz CT molecular complexity index is 457. The third kappa shape index (κ3) is 1.78. The average molecular weight is 202 g/mol. The van der Waals surface area contributed by atoms with Crippen molar-refractivity contribution in [2.45, 2.75) is 13.5 Å². The molecule has 0 radical (unpaired) electrons. The van der Waals surface area contributed by atoms with Gasteiger partial charge in [-0.1, -0.05) is 29.8 Å². The van der Waals surface area contributed by atoms with E-state index in [1.165, 1.54) is 5.56 Å². The smallest absolute Gasteiger partial charge is 0.0734 e. The fraction of sp³-hybridized carbons (Fsp3) is 0.250. The zero-order valence-corrected chi connectivity index (χ0v) is 8.94. The highest BCUT2D eigenvalue weighted by molar-refractivity contribution is 5.63. The second-order valence-electron chi connectivity index (χ2n) is 3.67. The topological polar surface area (TPSA) is 38.1 Å². The molecule has 0 aliphatic heterocycles. The van der Waals surface area contributed by atoms with Crippen LogP contribution in [-0.4, -0.2) is 14.9 Å². The standard InChI is InChI=1S/C12H14N2O/c1-9-3-5-10(6-4-9)12-11(8-15)7-13-14(12)2/h3-7,15H,8H2,1-2H3. The first kappa shape index (κ1) is 9.93. The normalized spacial score (nSPS) is 10.6. The monoisotopic (exact) mass is 202 g/mol. The molecule has 0 saturated carbocycles. The molecule has 0 amide bonds. The van der Waals surface area contributed by atoms with Gasteiger partial charge in [0.2, 0.25) is 0 Å². The molecule has 0 saturated heterocycles. The summed E-state index contributed by atoms with van der Waals surface area (Å²) >= 11 is 0. The molecule has 0 aliphatic rings. The lowest BCUT2D eigenvalue weighted by molar-refractivity contribution is 0.282. The minimum absolute atomic E-state index is 0.0249. The van der Waals surface area contributed by atoms with Crippen LogP contribution in [0.5, 0.6) is 0 Å². The van der Waals surface area contributed by atoms with Gasteiger partial charge in [-0.25, -0.2) is 0 Å². The first-order valence-electron chi connectivity index (χ1n) is 4.91. The zero-order chi connectivity index (χ0) is 10.8. The Balaban J connectivity index is 2.52. The van der Waals surface area contributed by atoms with Crippen LogP contribution in [0, 0.1) is 6.92 Å². The summed E-state index contributed by atoms with van der Waals surface area (Å²) < 4.78 is 1.79. The molecule has 2 rings (SSSR count). The van der Waals surface area contributed by atoms with Gasteiger partial charge in [0.15, 0.2) is 0 Å². The van der Waals surface area contributed by atoms with Gasteiger partial charge in [0.25, 0.3) is 0 Å². The molecule has 0 atom stereocenters. The van der Waals surface area contributed by atoms with Gasteiger partial charge in [0.1, 0.15) is 0 Å². The summed E-state index contributed by atoms with van der Waals surface area (Å²) in [5.74, 6) is 0. The predicted octanol–water partition coefficient (Wildman–Crippen LogP) is 1.89. The van der Waals surface area contributed by atoms with E-state index >= 15 is 0 Å². The minimum atomic E-state index is 0.0249. The van der Waals surface area contributed by atoms with Gasteiger partial charge in [-0.3, -0.25) is 4.68 Å². The molecule has 0 spiro atoms. The number of hydrogen-bond acceptors (Lipinski definition) is 2. The van der Waals surface area contributed by atoms with E-state index in [2.05, 4.69) is 24.2 Å². The van der Waals surface area contributed by atoms with E-state index in [1.807, 2.05) is 19.2 Å². The van der Waals surface area contributed by atoms with Crippen LogP contribution in [0.25, 0.3) is 11.3 Å². The number of aliphatic hydroxyl groups excluding tert-OH is 1. The van der Waals surface area contributed by atoms with Gasteiger partial charge in [-0.15, -0.1) is 0 Å². The van der Waals surface area contributed by atoms with E-state index in [0.717, 1.165) is 16.8 Å². The quantitative estimate of drug-likeness (QED) is 0.807. The van der Waals surface area contributed by atoms with Crippen molar-refractivity contribution in [3.63, 3.8) is 0 Å². The van der Waals surface area contributed by atoms with Crippen molar-refractivity contribution in [1.29, 1.82) is 0 Å². The number of aryl methyl sites for hydroxylation is 2. The predicted molar refractivity (Wildman–Crippen MR) is 59.3 cm³/mol. The lowest BCUT2D eigenvalue weighted by Crippen LogP contribution is -1.95. The Hall–Kier alpha value is -1.61. The third-order valence-corrected chi connectivity index (χ3v) is 2.51. The maximum atomic E-state index is 9.19. The van der Waals surface area contributed by atoms with Crippen LogP contribution in [-0.2, 0) is 13.7 Å². The summed E-state index contributed by atoms with van der Waals surface area (Å²) in [5.41, 5.74) is 4.16. The average Bonchev–Trinajstić information content (AvgIpc) is 2.61. The van der Waals surface area contributed by atoms with Gasteiger partial charge in [-0.2, -0.15) is 5.10 Å². The second-order valence-corrected chi connectivity index (χ2v) is 3.67. The summed E-state index contributed by atoms with van der Waals surface area (Å²) in [5, 5.41) is 13.3. The maximum absolute atomic E-state index is 9.19. The maximum Gasteiger partial charge on any atom is 0.0734 e. The lowest BCUT2D eigenvalue weighted by Gasteiger charge is -2.05. The van der Waals surface area contributed by atoms with Crippen LogP contribution in [0.4, 0.5) is 0 Å². The molecule has 1 heterocycles. The summed E-state index contributed by atoms with van der Waals surface area (Å²) in [6.45, 7) is 2.08. The van der Waals surface area contributed by atoms with E-state index in [9.17, 15) is 5.11 Å². The summed E-state index contributed by atoms with van der Waals surface area (Å²) in [7, 11) is 1.88. The highest BCUT2D eigenvalue weighted by Gasteiger charge is 2.09. The van der Waals surface area contributed by atoms with Gasteiger partial charge in [-0.05, 0) is 6.92 Å². The molecule has 0 fully saturated rings. The van der Waals surface area contributed by atoms with Gasteiger partial charge >= 0.3 is 0 Å². The molecule has 1 aromatic carbocycles. The molecule has 2 aromatic rings. The van der Waals surface area contributed by atoms with Crippen molar-refractivity contribution in [3.05, 3.63) is 41.6 Å². The molecule has 78 valence electrons. The molecule has 1 aromatic heterocycles. The molecular weight excluding hydrogens is 188 g/mol. The number of nitrogens with zero attached hydrogens (tertiary/aromatic N) is 2. The lowest BCUT2D eigenvalue weighted by atomic mass is 10.1. The van der Waals surface area contributed by atoms with E-state index in [0.29, 0.717) is 0 Å². The fourth-order valence-electron chi connectivity index (χ4n) is 1.68. The Labute approximate surface area is 89.0 Å². The Kier molecular flexibility index (Phi) is 2.56. The Morgan fingerprint density at radius 3 is 2.53 bits per heavy atom. The third-order valence-electron chi connectivity index (χ3n) is 2.51. The number of hydrogen-bond donors (Lipinski definition) is 1. The molecule has 1 N–H and O–H groups in total. The van der Waals surface area contributed by atoms with Crippen molar-refractivity contribution in [2.24, 2.45) is 7.05 Å². The van der Waals surface area contributed by atoms with Crippen molar-refractivity contribution >= 4 is 0 Å². The first-order valence-corrected chi connectivity index (χ1v) is 4.91. The van der Waals surface area contributed by atoms with Crippen LogP contribution in [0.1, 0.15) is 11.1 Å². The Morgan fingerprint density at radius 1 is 1.27 bits per heavy atom. The minimum Gasteiger partial charge on any atom is -0.392 e. The SMILES string of the molecule is Cc1ccc(-c2c(CO)cnn2C)cc1. The second kappa shape index (κ2) is 3.87. The summed E-state index contributed by atoms with van der Waals surface area (Å²) in [6.07, 6.45) is 1.70. The highest BCUT2D eigenvalue weighted by Crippen LogP contribution is 2.23. The Morgan fingerprint density at radius 2 is 1.93 bits per heavy atom. The van der Waals surface area contributed by atoms with Crippen LogP contribution in [0.15, 0.2) is 30.5 Å². The van der Waals surface area contributed by atoms with Crippen LogP contribution in [0.2, 0.25) is 0 Å². The molecular formula is C12H14N2O. The molecule has 0 bridgehead atoms. The van der Waals surface area contributed by atoms with E-state index in [4.69, 9.17) is 0 Å². The van der Waals surface area contributed by atoms with Crippen molar-refractivity contribution in [1.82, 2.24) is 9.78 Å². The molecule has 3 heteroatoms. The zero-order valence-electron chi connectivity index (χ0n) is 8.94. The highest BCUT2D eigenvalue weighted by atomic mass is 16.3. The number of aromatic nitrogens is 2. The number of benzene rings is 1. The largest absolute Gasteiger partial charge is 0.392 e. The molecule has 15 heavy (non-hydrogen) atoms. The van der Waals surface area contributed by atoms with Crippen LogP contribution >= 0.6 is 0 Å². The molecule has 3 nitrogen and oxygen atoms in total. The van der Waals surface area contributed by atoms with E-state index in [1.54, 1.807) is 10.9 Å². The van der Waals surface area contributed by atoms with E-state index in [-0.39, 0.29) is 6.61 Å². The van der Waals surface area contributed by atoms with E-state index < -0.39 is 0 Å². The van der Waals surface area contributed by atoms with Crippen molar-refractivity contribution in [3.8, 4) is 11.3 Å². The van der Waals surface area contributed by atoms with Crippen molar-refractivity contribution in [2.75, 3.05) is 0 Å². The molecule has 0 unspecified atom stereocenters. The summed E-state index contributed by atoms with van der Waals surface area (Å²) in [4.78, 5) is 0. The van der Waals surface area contributed by atoms with Gasteiger partial charge in [0, 0.05) is 18.2 Å². The fourth-order valence-corrected chi connectivity index (χ4v) is 1.68. The number of aliphatic hydroxyl groups is 1.